The third-order valence-electron chi connectivity index (χ3n) is 2.88. The van der Waals surface area contributed by atoms with E-state index in [0.717, 1.165) is 27.3 Å². The molecule has 0 aliphatic carbocycles. The van der Waals surface area contributed by atoms with Crippen LogP contribution in [-0.2, 0) is 13.0 Å². The first kappa shape index (κ1) is 13.6. The molecular formula is C13H15BrClN3. The van der Waals surface area contributed by atoms with Crippen LogP contribution in [0, 0.1) is 0 Å². The summed E-state index contributed by atoms with van der Waals surface area (Å²) in [4.78, 5) is 0. The van der Waals surface area contributed by atoms with Crippen LogP contribution < -0.4 is 5.73 Å². The van der Waals surface area contributed by atoms with Crippen LogP contribution in [0.2, 0.25) is 5.02 Å². The molecule has 2 aromatic rings. The van der Waals surface area contributed by atoms with Crippen molar-refractivity contribution in [1.82, 2.24) is 9.78 Å². The minimum atomic E-state index is -0.123. The van der Waals surface area contributed by atoms with Gasteiger partial charge in [-0.05, 0) is 40.9 Å². The lowest BCUT2D eigenvalue weighted by Gasteiger charge is -2.15. The summed E-state index contributed by atoms with van der Waals surface area (Å²) in [5, 5.41) is 5.03. The van der Waals surface area contributed by atoms with Crippen LogP contribution in [0.5, 0.6) is 0 Å². The van der Waals surface area contributed by atoms with E-state index >= 15 is 0 Å². The van der Waals surface area contributed by atoms with Crippen LogP contribution in [0.4, 0.5) is 0 Å². The monoisotopic (exact) mass is 327 g/mol. The highest BCUT2D eigenvalue weighted by molar-refractivity contribution is 9.10. The van der Waals surface area contributed by atoms with E-state index in [4.69, 9.17) is 17.3 Å². The average Bonchev–Trinajstić information content (AvgIpc) is 2.73. The Morgan fingerprint density at radius 1 is 1.44 bits per heavy atom. The largest absolute Gasteiger partial charge is 0.322 e. The molecule has 0 saturated heterocycles. The summed E-state index contributed by atoms with van der Waals surface area (Å²) < 4.78 is 2.86. The quantitative estimate of drug-likeness (QED) is 0.932. The van der Waals surface area contributed by atoms with Gasteiger partial charge in [-0.1, -0.05) is 29.8 Å². The number of hydrogen-bond donors (Lipinski definition) is 1. The fourth-order valence-electron chi connectivity index (χ4n) is 1.99. The number of rotatable bonds is 4. The Morgan fingerprint density at radius 3 is 2.83 bits per heavy atom. The Morgan fingerprint density at radius 2 is 2.17 bits per heavy atom. The van der Waals surface area contributed by atoms with Crippen molar-refractivity contribution in [2.24, 2.45) is 5.73 Å². The summed E-state index contributed by atoms with van der Waals surface area (Å²) in [6.07, 6.45) is 2.48. The molecule has 0 spiro atoms. The van der Waals surface area contributed by atoms with Gasteiger partial charge in [0.05, 0.1) is 22.4 Å². The standard InChI is InChI=1S/C13H15BrClN3/c1-2-18-13(10(14)8-17-18)12(16)7-9-5-3-4-6-11(9)15/h3-6,8,12H,2,7,16H2,1H3. The molecular weight excluding hydrogens is 314 g/mol. The summed E-state index contributed by atoms with van der Waals surface area (Å²) >= 11 is 9.65. The van der Waals surface area contributed by atoms with Gasteiger partial charge < -0.3 is 5.73 Å². The number of benzene rings is 1. The predicted octanol–water partition coefficient (Wildman–Crippen LogP) is 3.56. The number of nitrogens with two attached hydrogens (primary N) is 1. The number of aryl methyl sites for hydroxylation is 1. The minimum Gasteiger partial charge on any atom is -0.322 e. The van der Waals surface area contributed by atoms with Gasteiger partial charge in [0, 0.05) is 11.6 Å². The number of halogens is 2. The van der Waals surface area contributed by atoms with E-state index in [2.05, 4.69) is 21.0 Å². The number of aromatic nitrogens is 2. The number of hydrogen-bond acceptors (Lipinski definition) is 2. The van der Waals surface area contributed by atoms with Crippen molar-refractivity contribution >= 4 is 27.5 Å². The van der Waals surface area contributed by atoms with Crippen LogP contribution in [0.3, 0.4) is 0 Å². The van der Waals surface area contributed by atoms with Crippen molar-refractivity contribution in [2.75, 3.05) is 0 Å². The molecule has 5 heteroatoms. The first-order valence-corrected chi connectivity index (χ1v) is 7.00. The highest BCUT2D eigenvalue weighted by Crippen LogP contribution is 2.26. The van der Waals surface area contributed by atoms with E-state index < -0.39 is 0 Å². The summed E-state index contributed by atoms with van der Waals surface area (Å²) in [6, 6.07) is 7.66. The van der Waals surface area contributed by atoms with E-state index in [1.165, 1.54) is 0 Å². The lowest BCUT2D eigenvalue weighted by molar-refractivity contribution is 0.567. The minimum absolute atomic E-state index is 0.123. The van der Waals surface area contributed by atoms with Gasteiger partial charge in [-0.2, -0.15) is 5.10 Å². The molecule has 2 N–H and O–H groups in total. The average molecular weight is 329 g/mol. The molecule has 2 rings (SSSR count). The summed E-state index contributed by atoms with van der Waals surface area (Å²) in [7, 11) is 0. The summed E-state index contributed by atoms with van der Waals surface area (Å²) in [6.45, 7) is 2.85. The molecule has 0 aliphatic rings. The van der Waals surface area contributed by atoms with Crippen molar-refractivity contribution in [3.8, 4) is 0 Å². The molecule has 1 atom stereocenters. The fourth-order valence-corrected chi connectivity index (χ4v) is 2.79. The van der Waals surface area contributed by atoms with E-state index in [1.54, 1.807) is 6.20 Å². The Hall–Kier alpha value is -0.840. The second-order valence-electron chi connectivity index (χ2n) is 4.10. The third-order valence-corrected chi connectivity index (χ3v) is 3.86. The second-order valence-corrected chi connectivity index (χ2v) is 5.36. The molecule has 96 valence electrons. The highest BCUT2D eigenvalue weighted by Gasteiger charge is 2.17. The molecule has 1 unspecified atom stereocenters. The van der Waals surface area contributed by atoms with E-state index in [9.17, 15) is 0 Å². The molecule has 0 amide bonds. The van der Waals surface area contributed by atoms with Gasteiger partial charge in [0.1, 0.15) is 0 Å². The molecule has 1 aromatic heterocycles. The maximum Gasteiger partial charge on any atom is 0.0696 e. The zero-order valence-electron chi connectivity index (χ0n) is 10.1. The SMILES string of the molecule is CCn1ncc(Br)c1C(N)Cc1ccccc1Cl. The first-order valence-electron chi connectivity index (χ1n) is 5.83. The Balaban J connectivity index is 2.24. The van der Waals surface area contributed by atoms with Gasteiger partial charge in [-0.3, -0.25) is 4.68 Å². The molecule has 0 bridgehead atoms. The summed E-state index contributed by atoms with van der Waals surface area (Å²) in [5.74, 6) is 0. The van der Waals surface area contributed by atoms with Crippen LogP contribution in [0.15, 0.2) is 34.9 Å². The van der Waals surface area contributed by atoms with Crippen LogP contribution in [0.1, 0.15) is 24.2 Å². The zero-order valence-corrected chi connectivity index (χ0v) is 12.4. The Kier molecular flexibility index (Phi) is 4.43. The smallest absolute Gasteiger partial charge is 0.0696 e. The molecule has 1 aromatic carbocycles. The van der Waals surface area contributed by atoms with Gasteiger partial charge in [0.25, 0.3) is 0 Å². The predicted molar refractivity (Wildman–Crippen MR) is 77.7 cm³/mol. The van der Waals surface area contributed by atoms with Crippen molar-refractivity contribution < 1.29 is 0 Å². The van der Waals surface area contributed by atoms with Crippen molar-refractivity contribution in [3.05, 3.63) is 51.2 Å². The normalized spacial score (nSPS) is 12.7. The van der Waals surface area contributed by atoms with Gasteiger partial charge in [0.15, 0.2) is 0 Å². The topological polar surface area (TPSA) is 43.8 Å². The van der Waals surface area contributed by atoms with Crippen LogP contribution >= 0.6 is 27.5 Å². The van der Waals surface area contributed by atoms with Crippen molar-refractivity contribution in [1.29, 1.82) is 0 Å². The zero-order chi connectivity index (χ0) is 13.1. The van der Waals surface area contributed by atoms with Gasteiger partial charge >= 0.3 is 0 Å². The van der Waals surface area contributed by atoms with Gasteiger partial charge in [-0.25, -0.2) is 0 Å². The molecule has 0 radical (unpaired) electrons. The maximum atomic E-state index is 6.27. The van der Waals surface area contributed by atoms with E-state index in [-0.39, 0.29) is 6.04 Å². The van der Waals surface area contributed by atoms with Crippen molar-refractivity contribution in [2.45, 2.75) is 25.9 Å². The molecule has 0 saturated carbocycles. The summed E-state index contributed by atoms with van der Waals surface area (Å²) in [5.41, 5.74) is 8.34. The lowest BCUT2D eigenvalue weighted by atomic mass is 10.0. The lowest BCUT2D eigenvalue weighted by Crippen LogP contribution is -2.19. The third kappa shape index (κ3) is 2.76. The Bertz CT molecular complexity index is 539. The van der Waals surface area contributed by atoms with E-state index in [0.29, 0.717) is 6.42 Å². The van der Waals surface area contributed by atoms with Crippen LogP contribution in [-0.4, -0.2) is 9.78 Å². The highest BCUT2D eigenvalue weighted by atomic mass is 79.9. The van der Waals surface area contributed by atoms with Crippen molar-refractivity contribution in [3.63, 3.8) is 0 Å². The van der Waals surface area contributed by atoms with Crippen LogP contribution in [0.25, 0.3) is 0 Å². The van der Waals surface area contributed by atoms with Gasteiger partial charge in [0.2, 0.25) is 0 Å². The Labute approximate surface area is 120 Å². The van der Waals surface area contributed by atoms with Gasteiger partial charge in [-0.15, -0.1) is 0 Å². The second kappa shape index (κ2) is 5.87. The number of nitrogens with zero attached hydrogens (tertiary/aromatic N) is 2. The fraction of sp³-hybridized carbons (Fsp3) is 0.308. The first-order chi connectivity index (χ1) is 8.63. The van der Waals surface area contributed by atoms with E-state index in [1.807, 2.05) is 35.9 Å². The molecule has 3 nitrogen and oxygen atoms in total. The molecule has 18 heavy (non-hydrogen) atoms. The molecule has 0 fully saturated rings. The molecule has 0 aliphatic heterocycles. The maximum absolute atomic E-state index is 6.27. The molecule has 1 heterocycles.